The van der Waals surface area contributed by atoms with Gasteiger partial charge in [0.2, 0.25) is 5.95 Å². The molecular formula is C16H15N5O. The van der Waals surface area contributed by atoms with E-state index in [4.69, 9.17) is 0 Å². The van der Waals surface area contributed by atoms with E-state index in [1.807, 2.05) is 60.7 Å². The number of nitrogens with zero attached hydrogens (tertiary/aromatic N) is 2. The molecule has 0 atom stereocenters. The monoisotopic (exact) mass is 293 g/mol. The molecule has 110 valence electrons. The Morgan fingerprint density at radius 3 is 2.05 bits per heavy atom. The van der Waals surface area contributed by atoms with Crippen LogP contribution in [-0.2, 0) is 0 Å². The SMILES string of the molecule is O=C(Nc1ncn[nH]1)NC(c1ccccc1)c1ccccc1. The molecule has 0 radical (unpaired) electrons. The average Bonchev–Trinajstić information content (AvgIpc) is 3.07. The molecule has 2 aromatic carbocycles. The van der Waals surface area contributed by atoms with Crippen molar-refractivity contribution in [2.24, 2.45) is 0 Å². The molecule has 1 heterocycles. The molecule has 6 heteroatoms. The van der Waals surface area contributed by atoms with E-state index in [9.17, 15) is 4.79 Å². The Bertz CT molecular complexity index is 673. The van der Waals surface area contributed by atoms with E-state index >= 15 is 0 Å². The predicted molar refractivity (Wildman–Crippen MR) is 83.3 cm³/mol. The quantitative estimate of drug-likeness (QED) is 0.691. The standard InChI is InChI=1S/C16H15N5O/c22-16(20-15-17-11-18-21-15)19-14(12-7-3-1-4-8-12)13-9-5-2-6-10-13/h1-11,14H,(H3,17,18,19,20,21,22). The van der Waals surface area contributed by atoms with Gasteiger partial charge in [-0.15, -0.1) is 0 Å². The van der Waals surface area contributed by atoms with E-state index in [-0.39, 0.29) is 12.1 Å². The molecule has 0 saturated heterocycles. The first-order valence-corrected chi connectivity index (χ1v) is 6.86. The van der Waals surface area contributed by atoms with Crippen molar-refractivity contribution in [2.45, 2.75) is 6.04 Å². The van der Waals surface area contributed by atoms with Crippen molar-refractivity contribution in [2.75, 3.05) is 5.32 Å². The van der Waals surface area contributed by atoms with Crippen LogP contribution < -0.4 is 10.6 Å². The number of nitrogens with one attached hydrogen (secondary N) is 3. The minimum Gasteiger partial charge on any atom is -0.327 e. The second kappa shape index (κ2) is 6.53. The lowest BCUT2D eigenvalue weighted by molar-refractivity contribution is 0.250. The first-order chi connectivity index (χ1) is 10.8. The number of amides is 2. The first-order valence-electron chi connectivity index (χ1n) is 6.86. The van der Waals surface area contributed by atoms with E-state index < -0.39 is 0 Å². The van der Waals surface area contributed by atoms with Gasteiger partial charge in [0, 0.05) is 0 Å². The van der Waals surface area contributed by atoms with Crippen molar-refractivity contribution in [3.8, 4) is 0 Å². The zero-order valence-corrected chi connectivity index (χ0v) is 11.7. The molecule has 6 nitrogen and oxygen atoms in total. The van der Waals surface area contributed by atoms with Crippen LogP contribution in [0.25, 0.3) is 0 Å². The van der Waals surface area contributed by atoms with E-state index in [0.717, 1.165) is 11.1 Å². The lowest BCUT2D eigenvalue weighted by Gasteiger charge is -2.19. The van der Waals surface area contributed by atoms with Crippen molar-refractivity contribution in [3.05, 3.63) is 78.1 Å². The zero-order valence-electron chi connectivity index (χ0n) is 11.7. The van der Waals surface area contributed by atoms with Crippen LogP contribution >= 0.6 is 0 Å². The van der Waals surface area contributed by atoms with E-state index in [2.05, 4.69) is 25.8 Å². The number of carbonyl (C=O) groups excluding carboxylic acids is 1. The third-order valence-corrected chi connectivity index (χ3v) is 3.19. The molecule has 3 N–H and O–H groups in total. The maximum absolute atomic E-state index is 12.2. The highest BCUT2D eigenvalue weighted by molar-refractivity contribution is 5.87. The number of aromatic amines is 1. The largest absolute Gasteiger partial charge is 0.327 e. The van der Waals surface area contributed by atoms with Crippen molar-refractivity contribution >= 4 is 12.0 Å². The maximum Gasteiger partial charge on any atom is 0.322 e. The number of hydrogen-bond donors (Lipinski definition) is 3. The predicted octanol–water partition coefficient (Wildman–Crippen LogP) is 2.72. The number of carbonyl (C=O) groups is 1. The van der Waals surface area contributed by atoms with Gasteiger partial charge in [-0.05, 0) is 11.1 Å². The fraction of sp³-hybridized carbons (Fsp3) is 0.0625. The molecule has 0 aliphatic carbocycles. The van der Waals surface area contributed by atoms with Crippen molar-refractivity contribution in [1.29, 1.82) is 0 Å². The molecule has 22 heavy (non-hydrogen) atoms. The molecule has 1 aromatic heterocycles. The Labute approximate surface area is 127 Å². The van der Waals surface area contributed by atoms with Gasteiger partial charge < -0.3 is 5.32 Å². The van der Waals surface area contributed by atoms with Crippen molar-refractivity contribution in [1.82, 2.24) is 20.5 Å². The summed E-state index contributed by atoms with van der Waals surface area (Å²) in [5.41, 5.74) is 2.00. The lowest BCUT2D eigenvalue weighted by Crippen LogP contribution is -2.33. The summed E-state index contributed by atoms with van der Waals surface area (Å²) in [6.45, 7) is 0. The van der Waals surface area contributed by atoms with Crippen LogP contribution in [-0.4, -0.2) is 21.2 Å². The Balaban J connectivity index is 1.81. The van der Waals surface area contributed by atoms with Gasteiger partial charge in [0.05, 0.1) is 6.04 Å². The van der Waals surface area contributed by atoms with Crippen molar-refractivity contribution in [3.63, 3.8) is 0 Å². The molecule has 0 aliphatic heterocycles. The molecule has 0 spiro atoms. The van der Waals surface area contributed by atoms with Gasteiger partial charge in [0.1, 0.15) is 6.33 Å². The Morgan fingerprint density at radius 2 is 1.55 bits per heavy atom. The van der Waals surface area contributed by atoms with Gasteiger partial charge in [-0.1, -0.05) is 60.7 Å². The number of benzene rings is 2. The van der Waals surface area contributed by atoms with Gasteiger partial charge in [-0.25, -0.2) is 9.89 Å². The van der Waals surface area contributed by atoms with Crippen LogP contribution in [0.4, 0.5) is 10.7 Å². The van der Waals surface area contributed by atoms with Crippen LogP contribution in [0.5, 0.6) is 0 Å². The highest BCUT2D eigenvalue weighted by atomic mass is 16.2. The highest BCUT2D eigenvalue weighted by Gasteiger charge is 2.16. The summed E-state index contributed by atoms with van der Waals surface area (Å²) in [6.07, 6.45) is 1.33. The summed E-state index contributed by atoms with van der Waals surface area (Å²) < 4.78 is 0. The topological polar surface area (TPSA) is 82.7 Å². The summed E-state index contributed by atoms with van der Waals surface area (Å²) in [5, 5.41) is 11.8. The number of aromatic nitrogens is 3. The van der Waals surface area contributed by atoms with Crippen LogP contribution in [0.15, 0.2) is 67.0 Å². The zero-order chi connectivity index (χ0) is 15.2. The smallest absolute Gasteiger partial charge is 0.322 e. The third-order valence-electron chi connectivity index (χ3n) is 3.19. The molecule has 2 amide bonds. The van der Waals surface area contributed by atoms with Gasteiger partial charge in [-0.2, -0.15) is 10.1 Å². The van der Waals surface area contributed by atoms with Gasteiger partial charge in [0.25, 0.3) is 0 Å². The average molecular weight is 293 g/mol. The number of anilines is 1. The van der Waals surface area contributed by atoms with Crippen LogP contribution in [0.1, 0.15) is 17.2 Å². The fourth-order valence-electron chi connectivity index (χ4n) is 2.19. The Morgan fingerprint density at radius 1 is 0.955 bits per heavy atom. The Kier molecular flexibility index (Phi) is 4.10. The van der Waals surface area contributed by atoms with Crippen molar-refractivity contribution < 1.29 is 4.79 Å². The molecule has 0 fully saturated rings. The summed E-state index contributed by atoms with van der Waals surface area (Å²) in [6, 6.07) is 19.0. The molecule has 0 unspecified atom stereocenters. The van der Waals surface area contributed by atoms with Gasteiger partial charge >= 0.3 is 6.03 Å². The first kappa shape index (κ1) is 13.8. The third kappa shape index (κ3) is 3.29. The van der Waals surface area contributed by atoms with Crippen LogP contribution in [0, 0.1) is 0 Å². The number of H-pyrrole nitrogens is 1. The summed E-state index contributed by atoms with van der Waals surface area (Å²) in [7, 11) is 0. The van der Waals surface area contributed by atoms with E-state index in [1.54, 1.807) is 0 Å². The molecule has 3 aromatic rings. The minimum atomic E-state index is -0.352. The summed E-state index contributed by atoms with van der Waals surface area (Å²) in [4.78, 5) is 16.0. The second-order valence-electron chi connectivity index (χ2n) is 4.69. The molecular weight excluding hydrogens is 278 g/mol. The summed E-state index contributed by atoms with van der Waals surface area (Å²) >= 11 is 0. The van der Waals surface area contributed by atoms with E-state index in [1.165, 1.54) is 6.33 Å². The van der Waals surface area contributed by atoms with Gasteiger partial charge in [-0.3, -0.25) is 5.32 Å². The van der Waals surface area contributed by atoms with E-state index in [0.29, 0.717) is 5.95 Å². The Hall–Kier alpha value is -3.15. The van der Waals surface area contributed by atoms with Crippen LogP contribution in [0.3, 0.4) is 0 Å². The summed E-state index contributed by atoms with van der Waals surface area (Å²) in [5.74, 6) is 0.303. The normalized spacial score (nSPS) is 10.4. The number of rotatable bonds is 4. The molecule has 0 saturated carbocycles. The van der Waals surface area contributed by atoms with Gasteiger partial charge in [0.15, 0.2) is 0 Å². The molecule has 0 bridgehead atoms. The number of hydrogen-bond acceptors (Lipinski definition) is 3. The highest BCUT2D eigenvalue weighted by Crippen LogP contribution is 2.21. The number of urea groups is 1. The van der Waals surface area contributed by atoms with Crippen LogP contribution in [0.2, 0.25) is 0 Å². The lowest BCUT2D eigenvalue weighted by atomic mass is 9.99. The molecule has 0 aliphatic rings. The minimum absolute atomic E-state index is 0.245. The maximum atomic E-state index is 12.2. The molecule has 3 rings (SSSR count). The fourth-order valence-corrected chi connectivity index (χ4v) is 2.19. The second-order valence-corrected chi connectivity index (χ2v) is 4.69.